The normalized spacial score (nSPS) is 11.4. The van der Waals surface area contributed by atoms with Crippen LogP contribution in [0.2, 0.25) is 0 Å². The molecule has 0 fully saturated rings. The Balaban J connectivity index is 0.000000514. The van der Waals surface area contributed by atoms with E-state index in [2.05, 4.69) is 56.0 Å². The van der Waals surface area contributed by atoms with Gasteiger partial charge in [0.1, 0.15) is 0 Å². The zero-order valence-electron chi connectivity index (χ0n) is 10.7. The number of rotatable bonds is 0. The van der Waals surface area contributed by atoms with E-state index in [0.29, 0.717) is 0 Å². The third-order valence-corrected chi connectivity index (χ3v) is 3.04. The lowest BCUT2D eigenvalue weighted by atomic mass is 10.0. The summed E-state index contributed by atoms with van der Waals surface area (Å²) < 4.78 is 0. The monoisotopic (exact) mass is 222 g/mol. The van der Waals surface area contributed by atoms with Gasteiger partial charge in [0.2, 0.25) is 0 Å². The van der Waals surface area contributed by atoms with Crippen LogP contribution in [0.5, 0.6) is 0 Å². The van der Waals surface area contributed by atoms with Crippen molar-refractivity contribution in [3.63, 3.8) is 0 Å². The van der Waals surface area contributed by atoms with Crippen molar-refractivity contribution >= 4 is 5.57 Å². The third kappa shape index (κ3) is 1.80. The van der Waals surface area contributed by atoms with Gasteiger partial charge in [0, 0.05) is 0 Å². The topological polar surface area (TPSA) is 0 Å². The van der Waals surface area contributed by atoms with Crippen molar-refractivity contribution < 1.29 is 0 Å². The largest absolute Gasteiger partial charge is 0.0905 e. The molecule has 86 valence electrons. The number of hydrogen-bond acceptors (Lipinski definition) is 0. The molecule has 0 heteroatoms. The molecule has 0 saturated heterocycles. The molecule has 0 spiro atoms. The van der Waals surface area contributed by atoms with Gasteiger partial charge in [-0.15, -0.1) is 0 Å². The standard InChI is InChI=1S/C15H12.C2H6/c1-10-7-8-13-11(2)12-5-3-4-6-14(12)15(13)9-10;1-2/h3-9H,2H2,1H3;1-2H3. The Bertz CT molecular complexity index is 562. The van der Waals surface area contributed by atoms with Crippen molar-refractivity contribution in [1.82, 2.24) is 0 Å². The Kier molecular flexibility index (Phi) is 3.14. The maximum Gasteiger partial charge on any atom is -0.00965 e. The highest BCUT2D eigenvalue weighted by Gasteiger charge is 2.20. The first-order valence-corrected chi connectivity index (χ1v) is 6.17. The average Bonchev–Trinajstić information content (AvgIpc) is 2.66. The van der Waals surface area contributed by atoms with Gasteiger partial charge < -0.3 is 0 Å². The fraction of sp³-hybridized carbons (Fsp3) is 0.176. The van der Waals surface area contributed by atoms with Crippen LogP contribution in [0.15, 0.2) is 49.0 Å². The van der Waals surface area contributed by atoms with Gasteiger partial charge in [-0.25, -0.2) is 0 Å². The average molecular weight is 222 g/mol. The van der Waals surface area contributed by atoms with E-state index in [0.717, 1.165) is 5.57 Å². The minimum atomic E-state index is 1.15. The lowest BCUT2D eigenvalue weighted by Gasteiger charge is -2.01. The second-order valence-electron chi connectivity index (χ2n) is 4.07. The molecule has 2 aromatic rings. The Morgan fingerprint density at radius 1 is 0.765 bits per heavy atom. The molecule has 0 radical (unpaired) electrons. The molecule has 1 aliphatic carbocycles. The lowest BCUT2D eigenvalue weighted by molar-refractivity contribution is 1.47. The molecule has 0 aromatic heterocycles. The maximum atomic E-state index is 4.17. The van der Waals surface area contributed by atoms with E-state index in [1.165, 1.54) is 27.8 Å². The van der Waals surface area contributed by atoms with Crippen LogP contribution in [-0.4, -0.2) is 0 Å². The fourth-order valence-corrected chi connectivity index (χ4v) is 2.27. The molecule has 0 heterocycles. The van der Waals surface area contributed by atoms with Gasteiger partial charge in [0.05, 0.1) is 0 Å². The van der Waals surface area contributed by atoms with Gasteiger partial charge in [0.15, 0.2) is 0 Å². The van der Waals surface area contributed by atoms with Crippen LogP contribution < -0.4 is 0 Å². The maximum absolute atomic E-state index is 4.17. The van der Waals surface area contributed by atoms with Crippen LogP contribution in [-0.2, 0) is 0 Å². The van der Waals surface area contributed by atoms with E-state index in [1.54, 1.807) is 0 Å². The number of hydrogen-bond donors (Lipinski definition) is 0. The highest BCUT2D eigenvalue weighted by Crippen LogP contribution is 2.43. The molecule has 0 N–H and O–H groups in total. The Hall–Kier alpha value is -1.82. The quantitative estimate of drug-likeness (QED) is 0.498. The first-order chi connectivity index (χ1) is 8.27. The Morgan fingerprint density at radius 2 is 1.35 bits per heavy atom. The van der Waals surface area contributed by atoms with E-state index >= 15 is 0 Å². The minimum absolute atomic E-state index is 1.15. The molecule has 3 rings (SSSR count). The van der Waals surface area contributed by atoms with E-state index in [-0.39, 0.29) is 0 Å². The smallest absolute Gasteiger partial charge is 0.00965 e. The van der Waals surface area contributed by atoms with E-state index < -0.39 is 0 Å². The van der Waals surface area contributed by atoms with Crippen LogP contribution in [0, 0.1) is 6.92 Å². The van der Waals surface area contributed by atoms with Gasteiger partial charge in [0.25, 0.3) is 0 Å². The second-order valence-corrected chi connectivity index (χ2v) is 4.07. The van der Waals surface area contributed by atoms with E-state index in [9.17, 15) is 0 Å². The summed E-state index contributed by atoms with van der Waals surface area (Å²) in [6.07, 6.45) is 0. The third-order valence-electron chi connectivity index (χ3n) is 3.04. The van der Waals surface area contributed by atoms with E-state index in [1.807, 2.05) is 13.8 Å². The number of fused-ring (bicyclic) bond motifs is 3. The SMILES string of the molecule is C=C1c2ccccc2-c2cc(C)ccc21.CC. The molecule has 0 atom stereocenters. The van der Waals surface area contributed by atoms with Crippen molar-refractivity contribution in [2.45, 2.75) is 20.8 Å². The fourth-order valence-electron chi connectivity index (χ4n) is 2.27. The van der Waals surface area contributed by atoms with Gasteiger partial charge in [-0.05, 0) is 34.8 Å². The summed E-state index contributed by atoms with van der Waals surface area (Å²) in [5.41, 5.74) is 7.66. The molecule has 0 amide bonds. The van der Waals surface area contributed by atoms with Crippen molar-refractivity contribution in [2.75, 3.05) is 0 Å². The molecule has 0 bridgehead atoms. The van der Waals surface area contributed by atoms with Crippen LogP contribution >= 0.6 is 0 Å². The van der Waals surface area contributed by atoms with Gasteiger partial charge in [-0.2, -0.15) is 0 Å². The highest BCUT2D eigenvalue weighted by molar-refractivity contribution is 6.00. The molecular weight excluding hydrogens is 204 g/mol. The van der Waals surface area contributed by atoms with Gasteiger partial charge in [-0.3, -0.25) is 0 Å². The van der Waals surface area contributed by atoms with Crippen molar-refractivity contribution in [3.8, 4) is 11.1 Å². The van der Waals surface area contributed by atoms with Crippen LogP contribution in [0.4, 0.5) is 0 Å². The summed E-state index contributed by atoms with van der Waals surface area (Å²) in [7, 11) is 0. The summed E-state index contributed by atoms with van der Waals surface area (Å²) in [5, 5.41) is 0. The highest BCUT2D eigenvalue weighted by atomic mass is 14.2. The first-order valence-electron chi connectivity index (χ1n) is 6.17. The minimum Gasteiger partial charge on any atom is -0.0905 e. The molecule has 1 aliphatic rings. The van der Waals surface area contributed by atoms with E-state index in [4.69, 9.17) is 0 Å². The molecular formula is C17H18. The zero-order chi connectivity index (χ0) is 12.4. The molecule has 0 unspecified atom stereocenters. The predicted molar refractivity (Wildman–Crippen MR) is 76.1 cm³/mol. The molecule has 0 aliphatic heterocycles. The Labute approximate surface area is 104 Å². The lowest BCUT2D eigenvalue weighted by Crippen LogP contribution is -1.79. The predicted octanol–water partition coefficient (Wildman–Crippen LogP) is 5.06. The summed E-state index contributed by atoms with van der Waals surface area (Å²) in [6, 6.07) is 15.0. The van der Waals surface area contributed by atoms with Crippen LogP contribution in [0.1, 0.15) is 30.5 Å². The summed E-state index contributed by atoms with van der Waals surface area (Å²) in [6.45, 7) is 10.3. The summed E-state index contributed by atoms with van der Waals surface area (Å²) in [5.74, 6) is 0. The number of aryl methyl sites for hydroxylation is 1. The van der Waals surface area contributed by atoms with Gasteiger partial charge in [-0.1, -0.05) is 68.5 Å². The van der Waals surface area contributed by atoms with Crippen molar-refractivity contribution in [1.29, 1.82) is 0 Å². The zero-order valence-corrected chi connectivity index (χ0v) is 10.7. The Morgan fingerprint density at radius 3 is 2.06 bits per heavy atom. The van der Waals surface area contributed by atoms with Crippen LogP contribution in [0.3, 0.4) is 0 Å². The second kappa shape index (κ2) is 4.58. The van der Waals surface area contributed by atoms with Crippen LogP contribution in [0.25, 0.3) is 16.7 Å². The summed E-state index contributed by atoms with van der Waals surface area (Å²) in [4.78, 5) is 0. The molecule has 2 aromatic carbocycles. The molecule has 17 heavy (non-hydrogen) atoms. The van der Waals surface area contributed by atoms with Crippen molar-refractivity contribution in [2.24, 2.45) is 0 Å². The first kappa shape index (κ1) is 11.7. The molecule has 0 nitrogen and oxygen atoms in total. The summed E-state index contributed by atoms with van der Waals surface area (Å²) >= 11 is 0. The van der Waals surface area contributed by atoms with Crippen molar-refractivity contribution in [3.05, 3.63) is 65.7 Å². The van der Waals surface area contributed by atoms with Gasteiger partial charge >= 0.3 is 0 Å². The molecule has 0 saturated carbocycles. The number of benzene rings is 2.